The van der Waals surface area contributed by atoms with Crippen LogP contribution in [0, 0.1) is 24.0 Å². The molecule has 0 aliphatic heterocycles. The first-order chi connectivity index (χ1) is 7.11. The van der Waals surface area contributed by atoms with E-state index in [1.54, 1.807) is 6.92 Å². The summed E-state index contributed by atoms with van der Waals surface area (Å²) < 4.78 is 0. The number of rotatable bonds is 1. The van der Waals surface area contributed by atoms with Gasteiger partial charge >= 0.3 is 0 Å². The summed E-state index contributed by atoms with van der Waals surface area (Å²) in [5.41, 5.74) is 4.14. The Kier molecular flexibility index (Phi) is 2.31. The van der Waals surface area contributed by atoms with E-state index >= 15 is 0 Å². The van der Waals surface area contributed by atoms with Crippen LogP contribution in [0.3, 0.4) is 0 Å². The van der Waals surface area contributed by atoms with Gasteiger partial charge in [0.2, 0.25) is 0 Å². The first-order valence-electron chi connectivity index (χ1n) is 5.05. The Bertz CT molecular complexity index is 461. The third-order valence-corrected chi connectivity index (χ3v) is 2.94. The maximum absolute atomic E-state index is 10.9. The minimum atomic E-state index is -0.275. The molecule has 0 aromatic heterocycles. The van der Waals surface area contributed by atoms with E-state index in [9.17, 15) is 10.1 Å². The van der Waals surface area contributed by atoms with E-state index in [1.165, 1.54) is 0 Å². The van der Waals surface area contributed by atoms with Crippen molar-refractivity contribution in [2.75, 3.05) is 0 Å². The number of nitro groups is 1. The van der Waals surface area contributed by atoms with Crippen LogP contribution in [0.2, 0.25) is 0 Å². The highest BCUT2D eigenvalue weighted by atomic mass is 16.6. The maximum atomic E-state index is 10.9. The van der Waals surface area contributed by atoms with Crippen molar-refractivity contribution in [1.82, 2.24) is 0 Å². The van der Waals surface area contributed by atoms with Crippen molar-refractivity contribution < 1.29 is 4.92 Å². The highest BCUT2D eigenvalue weighted by molar-refractivity contribution is 5.65. The molecule has 1 aromatic carbocycles. The lowest BCUT2D eigenvalue weighted by atomic mass is 9.90. The van der Waals surface area contributed by atoms with Crippen LogP contribution in [-0.4, -0.2) is 4.92 Å². The summed E-state index contributed by atoms with van der Waals surface area (Å²) in [6.45, 7) is 3.65. The largest absolute Gasteiger partial charge is 0.275 e. The van der Waals surface area contributed by atoms with Gasteiger partial charge in [0.25, 0.3) is 5.69 Å². The lowest BCUT2D eigenvalue weighted by molar-refractivity contribution is -0.386. The summed E-state index contributed by atoms with van der Waals surface area (Å²) in [6.07, 6.45) is 6.07. The van der Waals surface area contributed by atoms with Gasteiger partial charge in [-0.1, -0.05) is 12.2 Å². The summed E-state index contributed by atoms with van der Waals surface area (Å²) in [6, 6.07) is 1.91. The van der Waals surface area contributed by atoms with Crippen LogP contribution in [0.25, 0.3) is 6.08 Å². The second-order valence-electron chi connectivity index (χ2n) is 3.93. The van der Waals surface area contributed by atoms with E-state index in [4.69, 9.17) is 0 Å². The summed E-state index contributed by atoms with van der Waals surface area (Å²) in [7, 11) is 0. The smallest absolute Gasteiger partial charge is 0.258 e. The molecule has 0 N–H and O–H groups in total. The third kappa shape index (κ3) is 1.54. The molecule has 15 heavy (non-hydrogen) atoms. The van der Waals surface area contributed by atoms with Crippen molar-refractivity contribution in [3.63, 3.8) is 0 Å². The highest BCUT2D eigenvalue weighted by Crippen LogP contribution is 2.32. The zero-order valence-electron chi connectivity index (χ0n) is 8.91. The molecule has 3 heteroatoms. The summed E-state index contributed by atoms with van der Waals surface area (Å²) in [4.78, 5) is 10.6. The fourth-order valence-corrected chi connectivity index (χ4v) is 2.24. The SMILES string of the molecule is Cc1cc2c(c(C)c1[N+](=O)[O-])CCC=C2. The monoisotopic (exact) mass is 203 g/mol. The summed E-state index contributed by atoms with van der Waals surface area (Å²) in [5, 5.41) is 10.9. The van der Waals surface area contributed by atoms with Crippen LogP contribution in [0.4, 0.5) is 5.69 Å². The molecule has 0 saturated carbocycles. The lowest BCUT2D eigenvalue weighted by Crippen LogP contribution is -2.03. The van der Waals surface area contributed by atoms with Gasteiger partial charge in [-0.15, -0.1) is 0 Å². The molecule has 0 fully saturated rings. The first kappa shape index (κ1) is 9.90. The van der Waals surface area contributed by atoms with E-state index < -0.39 is 0 Å². The van der Waals surface area contributed by atoms with Crippen LogP contribution in [0.1, 0.15) is 28.7 Å². The molecule has 2 rings (SSSR count). The second-order valence-corrected chi connectivity index (χ2v) is 3.93. The Labute approximate surface area is 88.6 Å². The van der Waals surface area contributed by atoms with Crippen molar-refractivity contribution in [3.8, 4) is 0 Å². The van der Waals surface area contributed by atoms with E-state index in [2.05, 4.69) is 12.2 Å². The summed E-state index contributed by atoms with van der Waals surface area (Å²) >= 11 is 0. The number of allylic oxidation sites excluding steroid dienone is 1. The Balaban J connectivity index is 2.71. The lowest BCUT2D eigenvalue weighted by Gasteiger charge is -2.14. The van der Waals surface area contributed by atoms with E-state index in [1.807, 2.05) is 13.0 Å². The van der Waals surface area contributed by atoms with E-state index in [0.717, 1.165) is 35.1 Å². The molecule has 0 radical (unpaired) electrons. The van der Waals surface area contributed by atoms with Crippen LogP contribution < -0.4 is 0 Å². The number of benzene rings is 1. The molecule has 0 spiro atoms. The van der Waals surface area contributed by atoms with E-state index in [-0.39, 0.29) is 10.6 Å². The van der Waals surface area contributed by atoms with Gasteiger partial charge in [-0.05, 0) is 43.9 Å². The van der Waals surface area contributed by atoms with Crippen molar-refractivity contribution in [3.05, 3.63) is 44.5 Å². The zero-order chi connectivity index (χ0) is 11.0. The molecule has 1 aliphatic rings. The van der Waals surface area contributed by atoms with E-state index in [0.29, 0.717) is 0 Å². The van der Waals surface area contributed by atoms with Gasteiger partial charge in [0.15, 0.2) is 0 Å². The Morgan fingerprint density at radius 2 is 2.13 bits per heavy atom. The third-order valence-electron chi connectivity index (χ3n) is 2.94. The van der Waals surface area contributed by atoms with Crippen LogP contribution in [0.5, 0.6) is 0 Å². The quantitative estimate of drug-likeness (QED) is 0.519. The van der Waals surface area contributed by atoms with Crippen LogP contribution in [0.15, 0.2) is 12.1 Å². The Morgan fingerprint density at radius 1 is 1.40 bits per heavy atom. The molecule has 0 atom stereocenters. The number of aryl methyl sites for hydroxylation is 1. The van der Waals surface area contributed by atoms with Crippen LogP contribution in [-0.2, 0) is 6.42 Å². The molecular formula is C12H13NO2. The molecule has 0 heterocycles. The fraction of sp³-hybridized carbons (Fsp3) is 0.333. The van der Waals surface area contributed by atoms with Gasteiger partial charge in [0.05, 0.1) is 4.92 Å². The van der Waals surface area contributed by atoms with Crippen LogP contribution >= 0.6 is 0 Å². The van der Waals surface area contributed by atoms with Gasteiger partial charge in [-0.3, -0.25) is 10.1 Å². The van der Waals surface area contributed by atoms with Gasteiger partial charge in [-0.2, -0.15) is 0 Å². The Morgan fingerprint density at radius 3 is 2.80 bits per heavy atom. The molecule has 0 amide bonds. The standard InChI is InChI=1S/C12H13NO2/c1-8-7-10-5-3-4-6-11(10)9(2)12(8)13(14)15/h3,5,7H,4,6H2,1-2H3. The molecule has 3 nitrogen and oxygen atoms in total. The molecule has 78 valence electrons. The zero-order valence-corrected chi connectivity index (χ0v) is 8.91. The van der Waals surface area contributed by atoms with Gasteiger partial charge in [0, 0.05) is 11.1 Å². The predicted molar refractivity (Wildman–Crippen MR) is 59.9 cm³/mol. The van der Waals surface area contributed by atoms with Gasteiger partial charge in [0.1, 0.15) is 0 Å². The second kappa shape index (κ2) is 3.50. The number of fused-ring (bicyclic) bond motifs is 1. The normalized spacial score (nSPS) is 13.7. The van der Waals surface area contributed by atoms with Crippen molar-refractivity contribution >= 4 is 11.8 Å². The molecule has 1 aromatic rings. The summed E-state index contributed by atoms with van der Waals surface area (Å²) in [5.74, 6) is 0. The number of nitrogens with zero attached hydrogens (tertiary/aromatic N) is 1. The van der Waals surface area contributed by atoms with Gasteiger partial charge in [-0.25, -0.2) is 0 Å². The topological polar surface area (TPSA) is 43.1 Å². The minimum absolute atomic E-state index is 0.275. The van der Waals surface area contributed by atoms with Crippen molar-refractivity contribution in [2.45, 2.75) is 26.7 Å². The minimum Gasteiger partial charge on any atom is -0.258 e. The first-order valence-corrected chi connectivity index (χ1v) is 5.05. The maximum Gasteiger partial charge on any atom is 0.275 e. The average Bonchev–Trinajstić information content (AvgIpc) is 2.17. The molecule has 0 saturated heterocycles. The number of nitro benzene ring substituents is 1. The van der Waals surface area contributed by atoms with Crippen molar-refractivity contribution in [2.24, 2.45) is 0 Å². The average molecular weight is 203 g/mol. The van der Waals surface area contributed by atoms with Gasteiger partial charge < -0.3 is 0 Å². The number of hydrogen-bond donors (Lipinski definition) is 0. The highest BCUT2D eigenvalue weighted by Gasteiger charge is 2.20. The fourth-order valence-electron chi connectivity index (χ4n) is 2.24. The van der Waals surface area contributed by atoms with Crippen molar-refractivity contribution in [1.29, 1.82) is 0 Å². The number of hydrogen-bond acceptors (Lipinski definition) is 2. The molecule has 0 unspecified atom stereocenters. The predicted octanol–water partition coefficient (Wildman–Crippen LogP) is 3.17. The molecular weight excluding hydrogens is 190 g/mol. The molecule has 1 aliphatic carbocycles. The Hall–Kier alpha value is -1.64. The molecule has 0 bridgehead atoms.